The predicted molar refractivity (Wildman–Crippen MR) is 96.4 cm³/mol. The van der Waals surface area contributed by atoms with Crippen molar-refractivity contribution in [2.45, 2.75) is 57.2 Å². The highest BCUT2D eigenvalue weighted by atomic mass is 32.1. The van der Waals surface area contributed by atoms with E-state index in [1.54, 1.807) is 0 Å². The van der Waals surface area contributed by atoms with E-state index >= 15 is 0 Å². The number of carbonyl (C=O) groups is 1. The van der Waals surface area contributed by atoms with E-state index in [1.807, 2.05) is 0 Å². The van der Waals surface area contributed by atoms with Gasteiger partial charge in [0.05, 0.1) is 0 Å². The molecule has 0 radical (unpaired) electrons. The third-order valence-electron chi connectivity index (χ3n) is 4.98. The maximum Gasteiger partial charge on any atom is 0.251 e. The number of piperidine rings is 2. The van der Waals surface area contributed by atoms with Crippen LogP contribution in [0.3, 0.4) is 0 Å². The van der Waals surface area contributed by atoms with Gasteiger partial charge in [0.2, 0.25) is 0 Å². The van der Waals surface area contributed by atoms with E-state index < -0.39 is 0 Å². The first-order chi connectivity index (χ1) is 11.6. The number of amides is 1. The minimum atomic E-state index is -0.327. The van der Waals surface area contributed by atoms with Gasteiger partial charge in [-0.1, -0.05) is 0 Å². The van der Waals surface area contributed by atoms with Crippen molar-refractivity contribution in [2.75, 3.05) is 6.54 Å². The summed E-state index contributed by atoms with van der Waals surface area (Å²) in [4.78, 5) is 14.7. The molecule has 130 valence electrons. The normalized spacial score (nSPS) is 25.9. The molecule has 2 N–H and O–H groups in total. The van der Waals surface area contributed by atoms with Crippen molar-refractivity contribution in [1.82, 2.24) is 15.5 Å². The molecule has 2 atom stereocenters. The molecule has 24 heavy (non-hydrogen) atoms. The number of carbonyl (C=O) groups excluding carboxylic acids is 1. The Balaban J connectivity index is 1.64. The maximum absolute atomic E-state index is 13.0. The van der Waals surface area contributed by atoms with Gasteiger partial charge in [-0.2, -0.15) is 0 Å². The summed E-state index contributed by atoms with van der Waals surface area (Å²) in [7, 11) is 0. The molecular weight excluding hydrogens is 325 g/mol. The molecule has 0 aromatic heterocycles. The van der Waals surface area contributed by atoms with E-state index in [2.05, 4.69) is 22.5 Å². The molecule has 0 unspecified atom stereocenters. The zero-order valence-corrected chi connectivity index (χ0v) is 14.7. The van der Waals surface area contributed by atoms with Gasteiger partial charge in [-0.15, -0.1) is 0 Å². The van der Waals surface area contributed by atoms with Crippen molar-refractivity contribution in [1.29, 1.82) is 0 Å². The molecule has 0 saturated carbocycles. The number of benzene rings is 1. The van der Waals surface area contributed by atoms with E-state index in [4.69, 9.17) is 12.2 Å². The van der Waals surface area contributed by atoms with Crippen LogP contribution in [0.15, 0.2) is 24.3 Å². The topological polar surface area (TPSA) is 44.4 Å². The van der Waals surface area contributed by atoms with Crippen molar-refractivity contribution in [3.63, 3.8) is 0 Å². The zero-order valence-electron chi connectivity index (χ0n) is 13.9. The smallest absolute Gasteiger partial charge is 0.251 e. The van der Waals surface area contributed by atoms with Gasteiger partial charge in [0.25, 0.3) is 5.91 Å². The number of rotatable bonds is 3. The van der Waals surface area contributed by atoms with E-state index in [-0.39, 0.29) is 17.8 Å². The zero-order chi connectivity index (χ0) is 17.1. The molecule has 1 amide bonds. The standard InChI is InChI=1S/C18H24FN3OS/c1-2-20-18(24)22-15-4-3-5-16(22)11-14(10-15)21-17(23)12-6-8-13(19)9-7-12/h6-9,14-16H,2-5,10-11H2,1H3,(H,20,24)(H,21,23)/t15-,16-/m0/s1. The molecule has 2 bridgehead atoms. The van der Waals surface area contributed by atoms with E-state index in [9.17, 15) is 9.18 Å². The number of nitrogens with zero attached hydrogens (tertiary/aromatic N) is 1. The van der Waals surface area contributed by atoms with Crippen LogP contribution in [-0.2, 0) is 0 Å². The van der Waals surface area contributed by atoms with Crippen molar-refractivity contribution >= 4 is 23.2 Å². The second-order valence-electron chi connectivity index (χ2n) is 6.63. The number of hydrogen-bond donors (Lipinski definition) is 2. The van der Waals surface area contributed by atoms with Crippen molar-refractivity contribution in [2.24, 2.45) is 0 Å². The van der Waals surface area contributed by atoms with Gasteiger partial charge >= 0.3 is 0 Å². The molecular formula is C18H24FN3OS. The van der Waals surface area contributed by atoms with Crippen LogP contribution >= 0.6 is 12.2 Å². The molecule has 2 aliphatic rings. The van der Waals surface area contributed by atoms with Crippen LogP contribution in [0.5, 0.6) is 0 Å². The Kier molecular flexibility index (Phi) is 5.33. The van der Waals surface area contributed by atoms with Crippen LogP contribution in [-0.4, -0.2) is 40.6 Å². The van der Waals surface area contributed by atoms with E-state index in [0.717, 1.165) is 37.3 Å². The van der Waals surface area contributed by atoms with Gasteiger partial charge in [-0.25, -0.2) is 4.39 Å². The van der Waals surface area contributed by atoms with Gasteiger partial charge in [-0.05, 0) is 75.5 Å². The Labute approximate surface area is 147 Å². The highest BCUT2D eigenvalue weighted by Crippen LogP contribution is 2.34. The lowest BCUT2D eigenvalue weighted by Crippen LogP contribution is -2.60. The summed E-state index contributed by atoms with van der Waals surface area (Å²) in [6.45, 7) is 2.89. The van der Waals surface area contributed by atoms with Crippen molar-refractivity contribution < 1.29 is 9.18 Å². The average molecular weight is 349 g/mol. The Bertz CT molecular complexity index is 593. The number of hydrogen-bond acceptors (Lipinski definition) is 2. The Morgan fingerprint density at radius 1 is 1.25 bits per heavy atom. The summed E-state index contributed by atoms with van der Waals surface area (Å²) in [6, 6.07) is 6.63. The summed E-state index contributed by atoms with van der Waals surface area (Å²) >= 11 is 5.53. The van der Waals surface area contributed by atoms with Crippen LogP contribution in [0.4, 0.5) is 4.39 Å². The number of halogens is 1. The van der Waals surface area contributed by atoms with Gasteiger partial charge < -0.3 is 15.5 Å². The monoisotopic (exact) mass is 349 g/mol. The van der Waals surface area contributed by atoms with Crippen LogP contribution in [0.1, 0.15) is 49.4 Å². The van der Waals surface area contributed by atoms with Gasteiger partial charge in [-0.3, -0.25) is 4.79 Å². The third-order valence-corrected chi connectivity index (χ3v) is 5.33. The summed E-state index contributed by atoms with van der Waals surface area (Å²) in [6.07, 6.45) is 5.28. The molecule has 4 nitrogen and oxygen atoms in total. The molecule has 2 saturated heterocycles. The molecule has 2 aliphatic heterocycles. The van der Waals surface area contributed by atoms with Gasteiger partial charge in [0.15, 0.2) is 5.11 Å². The highest BCUT2D eigenvalue weighted by molar-refractivity contribution is 7.80. The largest absolute Gasteiger partial charge is 0.363 e. The summed E-state index contributed by atoms with van der Waals surface area (Å²) < 4.78 is 13.0. The molecule has 6 heteroatoms. The maximum atomic E-state index is 13.0. The molecule has 2 heterocycles. The van der Waals surface area contributed by atoms with Crippen LogP contribution in [0.25, 0.3) is 0 Å². The summed E-state index contributed by atoms with van der Waals surface area (Å²) in [5, 5.41) is 7.23. The fraction of sp³-hybridized carbons (Fsp3) is 0.556. The number of thiocarbonyl (C=S) groups is 1. The predicted octanol–water partition coefficient (Wildman–Crippen LogP) is 2.84. The van der Waals surface area contributed by atoms with E-state index in [0.29, 0.717) is 17.6 Å². The minimum absolute atomic E-state index is 0.124. The number of nitrogens with one attached hydrogen (secondary N) is 2. The molecule has 2 fully saturated rings. The molecule has 0 spiro atoms. The van der Waals surface area contributed by atoms with Crippen molar-refractivity contribution in [3.05, 3.63) is 35.6 Å². The Morgan fingerprint density at radius 3 is 2.46 bits per heavy atom. The second kappa shape index (κ2) is 7.47. The van der Waals surface area contributed by atoms with Gasteiger partial charge in [0.1, 0.15) is 5.82 Å². The van der Waals surface area contributed by atoms with Crippen molar-refractivity contribution in [3.8, 4) is 0 Å². The molecule has 3 rings (SSSR count). The highest BCUT2D eigenvalue weighted by Gasteiger charge is 2.39. The van der Waals surface area contributed by atoms with Crippen LogP contribution in [0, 0.1) is 5.82 Å². The first-order valence-electron chi connectivity index (χ1n) is 8.71. The van der Waals surface area contributed by atoms with Crippen LogP contribution in [0.2, 0.25) is 0 Å². The quantitative estimate of drug-likeness (QED) is 0.824. The summed E-state index contributed by atoms with van der Waals surface area (Å²) in [5.74, 6) is -0.452. The second-order valence-corrected chi connectivity index (χ2v) is 7.02. The fourth-order valence-electron chi connectivity index (χ4n) is 3.94. The van der Waals surface area contributed by atoms with Crippen LogP contribution < -0.4 is 10.6 Å². The lowest BCUT2D eigenvalue weighted by atomic mass is 9.82. The first-order valence-corrected chi connectivity index (χ1v) is 9.12. The lowest BCUT2D eigenvalue weighted by molar-refractivity contribution is 0.0741. The lowest BCUT2D eigenvalue weighted by Gasteiger charge is -2.50. The van der Waals surface area contributed by atoms with Gasteiger partial charge in [0, 0.05) is 30.2 Å². The Morgan fingerprint density at radius 2 is 1.88 bits per heavy atom. The molecule has 0 aliphatic carbocycles. The minimum Gasteiger partial charge on any atom is -0.363 e. The SMILES string of the molecule is CCNC(=S)N1[C@H]2CCC[C@H]1CC(NC(=O)c1ccc(F)cc1)C2. The fourth-order valence-corrected chi connectivity index (χ4v) is 4.39. The Hall–Kier alpha value is -1.69. The summed E-state index contributed by atoms with van der Waals surface area (Å²) in [5.41, 5.74) is 0.507. The molecule has 1 aromatic carbocycles. The molecule has 1 aromatic rings. The van der Waals surface area contributed by atoms with E-state index in [1.165, 1.54) is 30.7 Å². The number of fused-ring (bicyclic) bond motifs is 2. The third kappa shape index (κ3) is 3.69. The average Bonchev–Trinajstić information content (AvgIpc) is 2.54. The first kappa shape index (κ1) is 17.1.